The molecule has 3 N–H and O–H groups in total. The molecule has 0 saturated heterocycles. The molecule has 0 spiro atoms. The van der Waals surface area contributed by atoms with Crippen molar-refractivity contribution in [2.45, 2.75) is 25.6 Å². The van der Waals surface area contributed by atoms with Crippen LogP contribution in [0.25, 0.3) is 33.6 Å². The third-order valence-corrected chi connectivity index (χ3v) is 5.93. The number of hydrogen-bond donors (Lipinski definition) is 3. The standard InChI is InChI=1S/C28H22F5N5O3/c1-27(2,12-34)38-24(39)18-10-15(6-9-20(18)30)17-11-19-21(25(40)35-3)22(14-4-7-16(29)8-5-14)41-26(19)37-23(17)36-13-28(31,32)33/h4-11H,13H2,1-3H3,(H,35,40)(H,36,37)(H,38,39). The van der Waals surface area contributed by atoms with E-state index in [1.807, 2.05) is 6.07 Å². The van der Waals surface area contributed by atoms with Crippen molar-refractivity contribution in [3.05, 3.63) is 71.3 Å². The molecule has 0 unspecified atom stereocenters. The molecule has 2 aromatic carbocycles. The molecule has 13 heteroatoms. The summed E-state index contributed by atoms with van der Waals surface area (Å²) in [7, 11) is 1.36. The molecule has 8 nitrogen and oxygen atoms in total. The Morgan fingerprint density at radius 2 is 1.66 bits per heavy atom. The molecular weight excluding hydrogens is 549 g/mol. The van der Waals surface area contributed by atoms with E-state index in [4.69, 9.17) is 4.42 Å². The Morgan fingerprint density at radius 3 is 2.27 bits per heavy atom. The van der Waals surface area contributed by atoms with E-state index in [-0.39, 0.29) is 39.4 Å². The van der Waals surface area contributed by atoms with Gasteiger partial charge < -0.3 is 20.4 Å². The van der Waals surface area contributed by atoms with Crippen molar-refractivity contribution in [2.24, 2.45) is 0 Å². The van der Waals surface area contributed by atoms with E-state index in [1.54, 1.807) is 0 Å². The first-order chi connectivity index (χ1) is 19.2. The lowest BCUT2D eigenvalue weighted by Crippen LogP contribution is -2.42. The monoisotopic (exact) mass is 571 g/mol. The van der Waals surface area contributed by atoms with Gasteiger partial charge in [-0.05, 0) is 61.9 Å². The minimum absolute atomic E-state index is 0.00745. The summed E-state index contributed by atoms with van der Waals surface area (Å²) >= 11 is 0. The van der Waals surface area contributed by atoms with Crippen LogP contribution < -0.4 is 16.0 Å². The minimum atomic E-state index is -4.64. The predicted octanol–water partition coefficient (Wildman–Crippen LogP) is 5.81. The zero-order valence-corrected chi connectivity index (χ0v) is 21.8. The van der Waals surface area contributed by atoms with Crippen molar-refractivity contribution < 1.29 is 36.0 Å². The number of hydrogen-bond acceptors (Lipinski definition) is 6. The van der Waals surface area contributed by atoms with E-state index >= 15 is 0 Å². The van der Waals surface area contributed by atoms with E-state index in [9.17, 15) is 36.8 Å². The topological polar surface area (TPSA) is 120 Å². The molecule has 41 heavy (non-hydrogen) atoms. The number of rotatable bonds is 7. The smallest absolute Gasteiger partial charge is 0.405 e. The van der Waals surface area contributed by atoms with Gasteiger partial charge in [0.1, 0.15) is 35.3 Å². The van der Waals surface area contributed by atoms with Gasteiger partial charge in [-0.1, -0.05) is 6.07 Å². The van der Waals surface area contributed by atoms with E-state index in [0.29, 0.717) is 5.56 Å². The lowest BCUT2D eigenvalue weighted by molar-refractivity contribution is -0.115. The summed E-state index contributed by atoms with van der Waals surface area (Å²) in [6.07, 6.45) is -4.64. The minimum Gasteiger partial charge on any atom is -0.437 e. The fourth-order valence-corrected chi connectivity index (χ4v) is 3.96. The largest absolute Gasteiger partial charge is 0.437 e. The Bertz CT molecular complexity index is 1690. The molecule has 0 atom stereocenters. The molecule has 0 bridgehead atoms. The average Bonchev–Trinajstić information content (AvgIpc) is 3.29. The summed E-state index contributed by atoms with van der Waals surface area (Å²) in [4.78, 5) is 29.9. The van der Waals surface area contributed by atoms with Crippen LogP contribution in [0.1, 0.15) is 34.6 Å². The normalized spacial score (nSPS) is 11.7. The molecule has 0 aliphatic carbocycles. The second-order valence-electron chi connectivity index (χ2n) is 9.48. The van der Waals surface area contributed by atoms with Crippen LogP contribution >= 0.6 is 0 Å². The second kappa shape index (κ2) is 10.9. The number of nitrogens with one attached hydrogen (secondary N) is 3. The number of nitriles is 1. The molecule has 4 aromatic rings. The maximum atomic E-state index is 14.7. The highest BCUT2D eigenvalue weighted by Crippen LogP contribution is 2.38. The molecule has 4 rings (SSSR count). The number of pyridine rings is 1. The lowest BCUT2D eigenvalue weighted by Gasteiger charge is -2.18. The number of carbonyl (C=O) groups is 2. The summed E-state index contributed by atoms with van der Waals surface area (Å²) in [5, 5.41) is 16.3. The Balaban J connectivity index is 1.95. The number of nitrogens with zero attached hydrogens (tertiary/aromatic N) is 2. The first kappa shape index (κ1) is 29.0. The van der Waals surface area contributed by atoms with Gasteiger partial charge in [-0.2, -0.15) is 23.4 Å². The third-order valence-electron chi connectivity index (χ3n) is 5.93. The number of anilines is 1. The van der Waals surface area contributed by atoms with E-state index in [2.05, 4.69) is 20.9 Å². The number of aromatic nitrogens is 1. The molecular formula is C28H22F5N5O3. The first-order valence-electron chi connectivity index (χ1n) is 12.0. The van der Waals surface area contributed by atoms with Crippen LogP contribution in [0.5, 0.6) is 0 Å². The highest BCUT2D eigenvalue weighted by atomic mass is 19.4. The Kier molecular flexibility index (Phi) is 7.70. The van der Waals surface area contributed by atoms with Gasteiger partial charge in [-0.15, -0.1) is 0 Å². The van der Waals surface area contributed by atoms with Crippen molar-refractivity contribution in [3.8, 4) is 28.5 Å². The number of alkyl halides is 3. The van der Waals surface area contributed by atoms with E-state index in [0.717, 1.165) is 24.3 Å². The number of halogens is 5. The molecule has 0 saturated carbocycles. The van der Waals surface area contributed by atoms with E-state index in [1.165, 1.54) is 45.2 Å². The van der Waals surface area contributed by atoms with Crippen molar-refractivity contribution >= 4 is 28.7 Å². The van der Waals surface area contributed by atoms with Gasteiger partial charge in [0.15, 0.2) is 0 Å². The van der Waals surface area contributed by atoms with Crippen molar-refractivity contribution in [1.82, 2.24) is 15.6 Å². The SMILES string of the molecule is CNC(=O)c1c(-c2ccc(F)cc2)oc2nc(NCC(F)(F)F)c(-c3ccc(F)c(C(=O)NC(C)(C)C#N)c3)cc12. The van der Waals surface area contributed by atoms with Crippen LogP contribution in [0.4, 0.5) is 27.8 Å². The molecule has 0 aliphatic heterocycles. The van der Waals surface area contributed by atoms with Crippen LogP contribution in [0.15, 0.2) is 52.9 Å². The van der Waals surface area contributed by atoms with Gasteiger partial charge in [0, 0.05) is 18.2 Å². The van der Waals surface area contributed by atoms with Gasteiger partial charge in [-0.3, -0.25) is 9.59 Å². The molecule has 0 aliphatic rings. The molecule has 2 amide bonds. The van der Waals surface area contributed by atoms with E-state index < -0.39 is 47.3 Å². The van der Waals surface area contributed by atoms with Gasteiger partial charge in [-0.25, -0.2) is 8.78 Å². The highest BCUT2D eigenvalue weighted by molar-refractivity contribution is 6.11. The van der Waals surface area contributed by atoms with Crippen LogP contribution in [-0.4, -0.2) is 42.1 Å². The first-order valence-corrected chi connectivity index (χ1v) is 12.0. The van der Waals surface area contributed by atoms with Gasteiger partial charge in [0.2, 0.25) is 5.71 Å². The number of fused-ring (bicyclic) bond motifs is 1. The summed E-state index contributed by atoms with van der Waals surface area (Å²) in [5.41, 5.74) is -1.67. The molecule has 2 aromatic heterocycles. The number of carbonyl (C=O) groups excluding carboxylic acids is 2. The van der Waals surface area contributed by atoms with Crippen LogP contribution in [0.3, 0.4) is 0 Å². The molecule has 0 radical (unpaired) electrons. The summed E-state index contributed by atoms with van der Waals surface area (Å²) in [5.74, 6) is -3.37. The summed E-state index contributed by atoms with van der Waals surface area (Å²) < 4.78 is 73.5. The lowest BCUT2D eigenvalue weighted by atomic mass is 9.99. The Hall–Kier alpha value is -4.99. The fraction of sp³-hybridized carbons (Fsp3) is 0.214. The summed E-state index contributed by atoms with van der Waals surface area (Å²) in [6.45, 7) is 1.32. The summed E-state index contributed by atoms with van der Waals surface area (Å²) in [6, 6.07) is 11.5. The van der Waals surface area contributed by atoms with Gasteiger partial charge >= 0.3 is 6.18 Å². The second-order valence-corrected chi connectivity index (χ2v) is 9.48. The maximum absolute atomic E-state index is 14.7. The zero-order valence-electron chi connectivity index (χ0n) is 21.8. The Morgan fingerprint density at radius 1 is 1.00 bits per heavy atom. The van der Waals surface area contributed by atoms with Crippen molar-refractivity contribution in [3.63, 3.8) is 0 Å². The zero-order chi connectivity index (χ0) is 30.1. The van der Waals surface area contributed by atoms with Gasteiger partial charge in [0.25, 0.3) is 11.8 Å². The number of amides is 2. The molecule has 212 valence electrons. The van der Waals surface area contributed by atoms with Crippen LogP contribution in [0, 0.1) is 23.0 Å². The van der Waals surface area contributed by atoms with Crippen molar-refractivity contribution in [1.29, 1.82) is 5.26 Å². The Labute approximate surface area is 230 Å². The number of furan rings is 1. The molecule has 0 fully saturated rings. The quantitative estimate of drug-likeness (QED) is 0.241. The maximum Gasteiger partial charge on any atom is 0.405 e. The average molecular weight is 572 g/mol. The highest BCUT2D eigenvalue weighted by Gasteiger charge is 2.30. The van der Waals surface area contributed by atoms with Crippen molar-refractivity contribution in [2.75, 3.05) is 18.9 Å². The predicted molar refractivity (Wildman–Crippen MR) is 140 cm³/mol. The third kappa shape index (κ3) is 6.27. The van der Waals surface area contributed by atoms with Crippen LogP contribution in [-0.2, 0) is 0 Å². The van der Waals surface area contributed by atoms with Crippen LogP contribution in [0.2, 0.25) is 0 Å². The molecule has 2 heterocycles. The van der Waals surface area contributed by atoms with Gasteiger partial charge in [0.05, 0.1) is 22.6 Å². The fourth-order valence-electron chi connectivity index (χ4n) is 3.96. The number of benzene rings is 2.